The first-order chi connectivity index (χ1) is 17.8. The highest BCUT2D eigenvalue weighted by Crippen LogP contribution is 2.51. The van der Waals surface area contributed by atoms with Crippen molar-refractivity contribution in [2.45, 2.75) is 43.9 Å². The van der Waals surface area contributed by atoms with Crippen molar-refractivity contribution in [2.75, 3.05) is 32.2 Å². The van der Waals surface area contributed by atoms with Crippen molar-refractivity contribution in [2.24, 2.45) is 0 Å². The number of carbonyl (C=O) groups excluding carboxylic acids is 1. The quantitative estimate of drug-likeness (QED) is 0.440. The maximum atomic E-state index is 14.5. The van der Waals surface area contributed by atoms with Gasteiger partial charge in [0.15, 0.2) is 11.6 Å². The lowest BCUT2D eigenvalue weighted by Crippen LogP contribution is -2.44. The Hall–Kier alpha value is -3.63. The molecule has 9 nitrogen and oxygen atoms in total. The van der Waals surface area contributed by atoms with Crippen LogP contribution in [-0.2, 0) is 9.47 Å². The minimum atomic E-state index is -0.504. The van der Waals surface area contributed by atoms with Gasteiger partial charge in [-0.05, 0) is 38.5 Å². The SMILES string of the molecule is COc1c(F)cccc1Nc1c(-c2ccncc2OC[C@H]2COC(C)(C)CO2)[nH]c2c1C(=O)NC1C[C@H]21. The summed E-state index contributed by atoms with van der Waals surface area (Å²) in [6.45, 7) is 5.15. The second-order valence-electron chi connectivity index (χ2n) is 10.2. The number of aromatic amines is 1. The van der Waals surface area contributed by atoms with Gasteiger partial charge in [-0.3, -0.25) is 9.78 Å². The third-order valence-electron chi connectivity index (χ3n) is 6.97. The van der Waals surface area contributed by atoms with E-state index in [4.69, 9.17) is 18.9 Å². The molecule has 194 valence electrons. The molecule has 1 saturated carbocycles. The number of nitrogens with one attached hydrogen (secondary N) is 3. The van der Waals surface area contributed by atoms with Gasteiger partial charge in [0.05, 0.1) is 54.8 Å². The van der Waals surface area contributed by atoms with E-state index in [9.17, 15) is 9.18 Å². The highest BCUT2D eigenvalue weighted by Gasteiger charge is 2.48. The van der Waals surface area contributed by atoms with Crippen LogP contribution in [-0.4, -0.2) is 60.6 Å². The first kappa shape index (κ1) is 23.7. The van der Waals surface area contributed by atoms with Crippen LogP contribution >= 0.6 is 0 Å². The number of halogens is 1. The molecule has 0 bridgehead atoms. The summed E-state index contributed by atoms with van der Waals surface area (Å²) in [6.07, 6.45) is 3.95. The number of pyridine rings is 1. The van der Waals surface area contributed by atoms with E-state index >= 15 is 0 Å². The van der Waals surface area contributed by atoms with Gasteiger partial charge in [0.2, 0.25) is 0 Å². The molecule has 4 heterocycles. The number of hydrogen-bond acceptors (Lipinski definition) is 7. The lowest BCUT2D eigenvalue weighted by Gasteiger charge is -2.34. The Bertz CT molecular complexity index is 1350. The number of rotatable bonds is 7. The minimum Gasteiger partial charge on any atom is -0.492 e. The second kappa shape index (κ2) is 9.04. The van der Waals surface area contributed by atoms with E-state index in [0.717, 1.165) is 12.1 Å². The van der Waals surface area contributed by atoms with Crippen LogP contribution in [0.25, 0.3) is 11.3 Å². The Balaban J connectivity index is 1.37. The standard InChI is InChI=1S/C27H29FN4O5/c1-27(2)13-36-14(12-37-27)11-35-20-10-29-8-7-15(20)23-24(30-18-6-4-5-17(28)25(18)34-3)21-22(32-23)16-9-19(16)31-26(21)33/h4-8,10,14,16,19,30,32H,9,11-13H2,1-3H3,(H,31,33)/t14-,16-,19?/m0/s1. The molecule has 0 spiro atoms. The van der Waals surface area contributed by atoms with E-state index in [2.05, 4.69) is 20.6 Å². The highest BCUT2D eigenvalue weighted by atomic mass is 19.1. The third-order valence-corrected chi connectivity index (χ3v) is 6.97. The molecule has 1 aliphatic carbocycles. The number of H-pyrrole nitrogens is 1. The molecule has 1 aromatic carbocycles. The number of ether oxygens (including phenoxy) is 4. The van der Waals surface area contributed by atoms with E-state index in [0.29, 0.717) is 47.2 Å². The summed E-state index contributed by atoms with van der Waals surface area (Å²) >= 11 is 0. The van der Waals surface area contributed by atoms with Crippen LogP contribution in [0, 0.1) is 5.82 Å². The van der Waals surface area contributed by atoms with Crippen LogP contribution < -0.4 is 20.1 Å². The summed E-state index contributed by atoms with van der Waals surface area (Å²) in [7, 11) is 1.41. The van der Waals surface area contributed by atoms with Gasteiger partial charge in [-0.15, -0.1) is 0 Å². The van der Waals surface area contributed by atoms with Crippen molar-refractivity contribution < 1.29 is 28.1 Å². The summed E-state index contributed by atoms with van der Waals surface area (Å²) < 4.78 is 37.7. The maximum Gasteiger partial charge on any atom is 0.255 e. The van der Waals surface area contributed by atoms with E-state index < -0.39 is 5.82 Å². The lowest BCUT2D eigenvalue weighted by molar-refractivity contribution is -0.181. The molecule has 1 saturated heterocycles. The normalized spacial score (nSPS) is 23.5. The molecule has 2 fully saturated rings. The number of fused-ring (bicyclic) bond motifs is 3. The fraction of sp³-hybridized carbons (Fsp3) is 0.407. The van der Waals surface area contributed by atoms with E-state index in [1.54, 1.807) is 24.5 Å². The van der Waals surface area contributed by atoms with Gasteiger partial charge in [-0.2, -0.15) is 0 Å². The molecule has 2 aromatic heterocycles. The van der Waals surface area contributed by atoms with E-state index in [1.165, 1.54) is 13.2 Å². The average molecular weight is 509 g/mol. The third kappa shape index (κ3) is 4.40. The molecule has 6 rings (SSSR count). The molecule has 0 radical (unpaired) electrons. The fourth-order valence-corrected chi connectivity index (χ4v) is 4.93. The Morgan fingerprint density at radius 2 is 2.16 bits per heavy atom. The van der Waals surface area contributed by atoms with Gasteiger partial charge >= 0.3 is 0 Å². The number of anilines is 2. The van der Waals surface area contributed by atoms with Crippen molar-refractivity contribution in [3.05, 3.63) is 53.7 Å². The Morgan fingerprint density at radius 3 is 2.95 bits per heavy atom. The average Bonchev–Trinajstić information content (AvgIpc) is 3.55. The van der Waals surface area contributed by atoms with Gasteiger partial charge in [-0.1, -0.05) is 6.07 Å². The molecular formula is C27H29FN4O5. The number of para-hydroxylation sites is 1. The second-order valence-corrected chi connectivity index (χ2v) is 10.2. The lowest BCUT2D eigenvalue weighted by atomic mass is 10.0. The summed E-state index contributed by atoms with van der Waals surface area (Å²) in [5.41, 5.74) is 3.34. The highest BCUT2D eigenvalue weighted by molar-refractivity contribution is 6.07. The van der Waals surface area contributed by atoms with Crippen LogP contribution in [0.3, 0.4) is 0 Å². The molecule has 1 unspecified atom stereocenters. The molecule has 3 atom stereocenters. The number of benzene rings is 1. The first-order valence-corrected chi connectivity index (χ1v) is 12.3. The topological polar surface area (TPSA) is 107 Å². The molecule has 3 aliphatic rings. The maximum absolute atomic E-state index is 14.5. The molecule has 3 aromatic rings. The largest absolute Gasteiger partial charge is 0.492 e. The number of amides is 1. The van der Waals surface area contributed by atoms with Crippen LogP contribution in [0.4, 0.5) is 15.8 Å². The number of aromatic nitrogens is 2. The van der Waals surface area contributed by atoms with Crippen molar-refractivity contribution >= 4 is 17.3 Å². The zero-order chi connectivity index (χ0) is 25.7. The van der Waals surface area contributed by atoms with Gasteiger partial charge in [0.25, 0.3) is 5.91 Å². The van der Waals surface area contributed by atoms with E-state index in [1.807, 2.05) is 19.9 Å². The predicted molar refractivity (Wildman–Crippen MR) is 134 cm³/mol. The van der Waals surface area contributed by atoms with Crippen LogP contribution in [0.15, 0.2) is 36.7 Å². The Kier molecular flexibility index (Phi) is 5.80. The zero-order valence-corrected chi connectivity index (χ0v) is 20.9. The number of hydrogen-bond donors (Lipinski definition) is 3. The number of methoxy groups -OCH3 is 1. The summed E-state index contributed by atoms with van der Waals surface area (Å²) in [6, 6.07) is 6.57. The Labute approximate surface area is 213 Å². The van der Waals surface area contributed by atoms with E-state index in [-0.39, 0.29) is 41.9 Å². The summed E-state index contributed by atoms with van der Waals surface area (Å²) in [5.74, 6) is 0.111. The fourth-order valence-electron chi connectivity index (χ4n) is 4.93. The van der Waals surface area contributed by atoms with Crippen LogP contribution in [0.2, 0.25) is 0 Å². The predicted octanol–water partition coefficient (Wildman–Crippen LogP) is 4.14. The van der Waals surface area contributed by atoms with Crippen LogP contribution in [0.1, 0.15) is 42.2 Å². The molecule has 1 amide bonds. The van der Waals surface area contributed by atoms with Crippen LogP contribution in [0.5, 0.6) is 11.5 Å². The summed E-state index contributed by atoms with van der Waals surface area (Å²) in [4.78, 5) is 20.8. The van der Waals surface area contributed by atoms with Crippen molar-refractivity contribution in [1.29, 1.82) is 0 Å². The monoisotopic (exact) mass is 508 g/mol. The van der Waals surface area contributed by atoms with Gasteiger partial charge in [0, 0.05) is 29.4 Å². The molecule has 37 heavy (non-hydrogen) atoms. The molecule has 2 aliphatic heterocycles. The van der Waals surface area contributed by atoms with Crippen molar-refractivity contribution in [3.63, 3.8) is 0 Å². The van der Waals surface area contributed by atoms with Gasteiger partial charge in [0.1, 0.15) is 18.5 Å². The zero-order valence-electron chi connectivity index (χ0n) is 20.9. The smallest absolute Gasteiger partial charge is 0.255 e. The number of carbonyl (C=O) groups is 1. The van der Waals surface area contributed by atoms with Gasteiger partial charge < -0.3 is 34.6 Å². The summed E-state index contributed by atoms with van der Waals surface area (Å²) in [5, 5.41) is 6.32. The van der Waals surface area contributed by atoms with Crippen molar-refractivity contribution in [1.82, 2.24) is 15.3 Å². The van der Waals surface area contributed by atoms with Gasteiger partial charge in [-0.25, -0.2) is 4.39 Å². The first-order valence-electron chi connectivity index (χ1n) is 12.3. The molecular weight excluding hydrogens is 479 g/mol. The number of nitrogens with zero attached hydrogens (tertiary/aromatic N) is 1. The molecule has 3 N–H and O–H groups in total. The Morgan fingerprint density at radius 1 is 1.30 bits per heavy atom. The minimum absolute atomic E-state index is 0.0625. The molecule has 10 heteroatoms. The van der Waals surface area contributed by atoms with Crippen molar-refractivity contribution in [3.8, 4) is 22.8 Å².